The summed E-state index contributed by atoms with van der Waals surface area (Å²) in [4.78, 5) is 22.2. The number of halogens is 1. The average Bonchev–Trinajstić information content (AvgIpc) is 3.29. The number of nitrogens with one attached hydrogen (secondary N) is 2. The number of carbonyl (C=O) groups excluding carboxylic acids is 1. The largest absolute Gasteiger partial charge is 0.444 e. The number of aryl methyl sites for hydroxylation is 1. The van der Waals surface area contributed by atoms with Crippen LogP contribution in [0.25, 0.3) is 0 Å². The summed E-state index contributed by atoms with van der Waals surface area (Å²) in [5.41, 5.74) is 2.89. The highest BCUT2D eigenvalue weighted by Crippen LogP contribution is 2.36. The highest BCUT2D eigenvalue weighted by Gasteiger charge is 2.44. The molecule has 4 aliphatic rings. The summed E-state index contributed by atoms with van der Waals surface area (Å²) in [6, 6.07) is 0.439. The SMILES string of the molecule is Cc1ncc(F)c2c1CC(CN[C@H]1C[C@@H](C3CN(C4=CNCC=N4)C(=O)O3)C1)C2. The molecule has 154 valence electrons. The van der Waals surface area contributed by atoms with E-state index in [9.17, 15) is 9.18 Å². The molecule has 29 heavy (non-hydrogen) atoms. The van der Waals surface area contributed by atoms with Crippen LogP contribution in [0.2, 0.25) is 0 Å². The van der Waals surface area contributed by atoms with E-state index in [2.05, 4.69) is 20.6 Å². The van der Waals surface area contributed by atoms with Crippen LogP contribution in [0.1, 0.15) is 29.7 Å². The molecule has 2 aliphatic heterocycles. The first-order valence-corrected chi connectivity index (χ1v) is 10.4. The molecule has 3 heterocycles. The van der Waals surface area contributed by atoms with Gasteiger partial charge in [0.2, 0.25) is 0 Å². The van der Waals surface area contributed by atoms with E-state index in [0.717, 1.165) is 49.0 Å². The Bertz CT molecular complexity index is 849. The lowest BCUT2D eigenvalue weighted by Gasteiger charge is -2.39. The molecule has 1 saturated heterocycles. The second-order valence-corrected chi connectivity index (χ2v) is 8.51. The number of carbonyl (C=O) groups is 1. The molecule has 1 saturated carbocycles. The van der Waals surface area contributed by atoms with E-state index in [0.29, 0.717) is 36.8 Å². The minimum absolute atomic E-state index is 0.0721. The molecule has 5 rings (SSSR count). The Morgan fingerprint density at radius 2 is 2.17 bits per heavy atom. The van der Waals surface area contributed by atoms with Crippen molar-refractivity contribution < 1.29 is 13.9 Å². The standard InChI is InChI=1S/C21H26FN5O2/c1-12-16-4-13(5-17(16)18(22)9-25-12)8-26-15-6-14(7-15)19-11-27(21(28)29-19)20-10-23-2-3-24-20/h3,9-10,13-15,19,23,26H,2,4-8,11H2,1H3/t13?,14-,15+,19?. The number of cyclic esters (lactones) is 1. The van der Waals surface area contributed by atoms with Gasteiger partial charge >= 0.3 is 6.09 Å². The van der Waals surface area contributed by atoms with Crippen LogP contribution in [0.3, 0.4) is 0 Å². The zero-order valence-electron chi connectivity index (χ0n) is 16.5. The van der Waals surface area contributed by atoms with Gasteiger partial charge in [0.05, 0.1) is 12.7 Å². The van der Waals surface area contributed by atoms with E-state index >= 15 is 0 Å². The zero-order valence-corrected chi connectivity index (χ0v) is 16.5. The van der Waals surface area contributed by atoms with Gasteiger partial charge < -0.3 is 15.4 Å². The molecule has 0 spiro atoms. The van der Waals surface area contributed by atoms with Crippen LogP contribution < -0.4 is 10.6 Å². The number of aliphatic imine (C=N–C) groups is 1. The summed E-state index contributed by atoms with van der Waals surface area (Å²) >= 11 is 0. The number of fused-ring (bicyclic) bond motifs is 1. The Morgan fingerprint density at radius 3 is 2.93 bits per heavy atom. The van der Waals surface area contributed by atoms with Crippen LogP contribution in [0, 0.1) is 24.6 Å². The molecule has 1 aromatic rings. The van der Waals surface area contributed by atoms with E-state index in [1.165, 1.54) is 6.20 Å². The van der Waals surface area contributed by atoms with Crippen molar-refractivity contribution in [2.24, 2.45) is 16.8 Å². The summed E-state index contributed by atoms with van der Waals surface area (Å²) in [5, 5.41) is 6.70. The normalized spacial score (nSPS) is 30.5. The quantitative estimate of drug-likeness (QED) is 0.791. The van der Waals surface area contributed by atoms with Crippen molar-refractivity contribution in [1.82, 2.24) is 20.5 Å². The van der Waals surface area contributed by atoms with E-state index in [4.69, 9.17) is 4.74 Å². The Balaban J connectivity index is 1.08. The maximum atomic E-state index is 14.0. The first-order valence-electron chi connectivity index (χ1n) is 10.4. The summed E-state index contributed by atoms with van der Waals surface area (Å²) < 4.78 is 19.6. The Hall–Kier alpha value is -2.48. The van der Waals surface area contributed by atoms with Crippen molar-refractivity contribution >= 4 is 12.3 Å². The van der Waals surface area contributed by atoms with Gasteiger partial charge in [-0.3, -0.25) is 9.88 Å². The number of hydrogen-bond acceptors (Lipinski definition) is 6. The lowest BCUT2D eigenvalue weighted by Crippen LogP contribution is -2.48. The Labute approximate surface area is 169 Å². The third-order valence-corrected chi connectivity index (χ3v) is 6.62. The van der Waals surface area contributed by atoms with Crippen molar-refractivity contribution in [3.63, 3.8) is 0 Å². The fourth-order valence-corrected chi connectivity index (χ4v) is 4.87. The highest BCUT2D eigenvalue weighted by molar-refractivity contribution is 5.73. The summed E-state index contributed by atoms with van der Waals surface area (Å²) in [6.45, 7) is 4.08. The number of hydrogen-bond donors (Lipinski definition) is 2. The summed E-state index contributed by atoms with van der Waals surface area (Å²) in [5.74, 6) is 1.25. The number of aromatic nitrogens is 1. The van der Waals surface area contributed by atoms with Crippen molar-refractivity contribution in [2.75, 3.05) is 19.6 Å². The van der Waals surface area contributed by atoms with E-state index in [-0.39, 0.29) is 18.0 Å². The van der Waals surface area contributed by atoms with Gasteiger partial charge in [-0.15, -0.1) is 0 Å². The molecular formula is C21H26FN5O2. The third-order valence-electron chi connectivity index (χ3n) is 6.62. The molecule has 2 N–H and O–H groups in total. The first kappa shape index (κ1) is 18.5. The number of amides is 1. The lowest BCUT2D eigenvalue weighted by atomic mass is 9.76. The predicted molar refractivity (Wildman–Crippen MR) is 106 cm³/mol. The maximum Gasteiger partial charge on any atom is 0.416 e. The first-order chi connectivity index (χ1) is 14.1. The molecule has 0 bridgehead atoms. The lowest BCUT2D eigenvalue weighted by molar-refractivity contribution is 0.0526. The molecule has 0 aromatic carbocycles. The number of ether oxygens (including phenoxy) is 1. The molecule has 1 aromatic heterocycles. The van der Waals surface area contributed by atoms with Crippen LogP contribution in [-0.4, -0.2) is 54.0 Å². The zero-order chi connectivity index (χ0) is 20.0. The van der Waals surface area contributed by atoms with Gasteiger partial charge in [-0.05, 0) is 56.2 Å². The van der Waals surface area contributed by atoms with E-state index in [1.54, 1.807) is 17.3 Å². The van der Waals surface area contributed by atoms with E-state index in [1.807, 2.05) is 6.92 Å². The Morgan fingerprint density at radius 1 is 1.34 bits per heavy atom. The molecule has 7 nitrogen and oxygen atoms in total. The summed E-state index contributed by atoms with van der Waals surface area (Å²) in [7, 11) is 0. The van der Waals surface area contributed by atoms with Gasteiger partial charge in [-0.2, -0.15) is 0 Å². The van der Waals surface area contributed by atoms with Crippen molar-refractivity contribution in [3.8, 4) is 0 Å². The van der Waals surface area contributed by atoms with Gasteiger partial charge in [0, 0.05) is 36.6 Å². The number of nitrogens with zero attached hydrogens (tertiary/aromatic N) is 3. The van der Waals surface area contributed by atoms with Crippen LogP contribution in [0.5, 0.6) is 0 Å². The van der Waals surface area contributed by atoms with Gasteiger partial charge in [-0.1, -0.05) is 0 Å². The molecule has 0 radical (unpaired) electrons. The molecule has 2 aliphatic carbocycles. The minimum Gasteiger partial charge on any atom is -0.444 e. The summed E-state index contributed by atoms with van der Waals surface area (Å²) in [6.07, 6.45) is 8.16. The van der Waals surface area contributed by atoms with Crippen LogP contribution in [0.4, 0.5) is 9.18 Å². The molecule has 2 unspecified atom stereocenters. The fraction of sp³-hybridized carbons (Fsp3) is 0.571. The molecule has 8 heteroatoms. The second-order valence-electron chi connectivity index (χ2n) is 8.51. The van der Waals surface area contributed by atoms with Crippen LogP contribution in [0.15, 0.2) is 23.2 Å². The minimum atomic E-state index is -0.312. The monoisotopic (exact) mass is 399 g/mol. The van der Waals surface area contributed by atoms with Crippen LogP contribution >= 0.6 is 0 Å². The predicted octanol–water partition coefficient (Wildman–Crippen LogP) is 1.91. The fourth-order valence-electron chi connectivity index (χ4n) is 4.87. The molecule has 1 amide bonds. The molecular weight excluding hydrogens is 373 g/mol. The Kier molecular flexibility index (Phi) is 4.73. The van der Waals surface area contributed by atoms with E-state index < -0.39 is 0 Å². The van der Waals surface area contributed by atoms with Gasteiger partial charge in [0.1, 0.15) is 11.9 Å². The highest BCUT2D eigenvalue weighted by atomic mass is 19.1. The van der Waals surface area contributed by atoms with Crippen molar-refractivity contribution in [3.05, 3.63) is 40.9 Å². The molecule has 2 fully saturated rings. The van der Waals surface area contributed by atoms with Crippen molar-refractivity contribution in [2.45, 2.75) is 44.8 Å². The van der Waals surface area contributed by atoms with Gasteiger partial charge in [0.25, 0.3) is 0 Å². The third kappa shape index (κ3) is 3.50. The average molecular weight is 399 g/mol. The van der Waals surface area contributed by atoms with Crippen molar-refractivity contribution in [1.29, 1.82) is 0 Å². The number of rotatable bonds is 5. The molecule has 2 atom stereocenters. The number of pyridine rings is 1. The maximum absolute atomic E-state index is 14.0. The van der Waals surface area contributed by atoms with Gasteiger partial charge in [0.15, 0.2) is 5.82 Å². The van der Waals surface area contributed by atoms with Crippen LogP contribution in [-0.2, 0) is 17.6 Å². The smallest absolute Gasteiger partial charge is 0.416 e. The second kappa shape index (κ2) is 7.40. The van der Waals surface area contributed by atoms with Gasteiger partial charge in [-0.25, -0.2) is 14.2 Å². The topological polar surface area (TPSA) is 78.9 Å².